The molecule has 0 aromatic carbocycles. The first-order valence-electron chi connectivity index (χ1n) is 2.60. The summed E-state index contributed by atoms with van der Waals surface area (Å²) in [5.41, 5.74) is 0. The Labute approximate surface area is 81.9 Å². The van der Waals surface area contributed by atoms with Gasteiger partial charge in [-0.2, -0.15) is 3.91 Å². The second kappa shape index (κ2) is 6.36. The molecule has 1 rings (SSSR count). The van der Waals surface area contributed by atoms with E-state index in [0.717, 1.165) is 0 Å². The topological polar surface area (TPSA) is 0 Å². The first kappa shape index (κ1) is 10.6. The second-order valence-electron chi connectivity index (χ2n) is 1.50. The van der Waals surface area contributed by atoms with Crippen molar-refractivity contribution in [1.82, 2.24) is 0 Å². The van der Waals surface area contributed by atoms with Gasteiger partial charge in [0, 0.05) is 0 Å². The summed E-state index contributed by atoms with van der Waals surface area (Å²) in [4.78, 5) is 0. The molecule has 0 nitrogen and oxygen atoms in total. The predicted molar refractivity (Wildman–Crippen MR) is 46.3 cm³/mol. The number of rotatable bonds is 1. The molecule has 0 radical (unpaired) electrons. The number of hydrogen-bond donors (Lipinski definition) is 0. The third-order valence-electron chi connectivity index (χ3n) is 0.895. The van der Waals surface area contributed by atoms with Gasteiger partial charge >= 0.3 is 18.9 Å². The first-order valence-corrected chi connectivity index (χ1v) is 5.79. The van der Waals surface area contributed by atoms with Gasteiger partial charge in [0.2, 0.25) is 0 Å². The molecule has 1 aliphatic heterocycles. The molecule has 9 heavy (non-hydrogen) atoms. The van der Waals surface area contributed by atoms with Crippen LogP contribution < -0.4 is 18.9 Å². The van der Waals surface area contributed by atoms with Gasteiger partial charge in [-0.05, 0) is 24.2 Å². The molecule has 1 fully saturated rings. The van der Waals surface area contributed by atoms with Crippen molar-refractivity contribution in [1.29, 1.82) is 0 Å². The molecule has 4 heteroatoms. The zero-order valence-corrected chi connectivity index (χ0v) is 8.30. The van der Waals surface area contributed by atoms with Crippen LogP contribution >= 0.6 is 35.3 Å². The van der Waals surface area contributed by atoms with Gasteiger partial charge in [-0.3, -0.25) is 0 Å². The predicted octanol–water partition coefficient (Wildman–Crippen LogP) is -0.330. The largest absolute Gasteiger partial charge is 1.00 e. The molecule has 0 bridgehead atoms. The molecule has 0 spiro atoms. The fraction of sp³-hybridized carbons (Fsp3) is 0.800. The summed E-state index contributed by atoms with van der Waals surface area (Å²) in [6, 6.07) is 0. The Morgan fingerprint density at radius 2 is 1.89 bits per heavy atom. The van der Waals surface area contributed by atoms with Gasteiger partial charge in [-0.15, -0.1) is 0 Å². The summed E-state index contributed by atoms with van der Waals surface area (Å²) in [5.74, 6) is 2.67. The maximum atomic E-state index is 2.15. The summed E-state index contributed by atoms with van der Waals surface area (Å²) >= 11 is 5.90. The third-order valence-corrected chi connectivity index (χ3v) is 5.10. The Bertz CT molecular complexity index is 63.2. The maximum absolute atomic E-state index is 2.15. The average molecular weight is 172 g/mol. The van der Waals surface area contributed by atoms with E-state index in [4.69, 9.17) is 0 Å². The standard InChI is InChI=1S/C5H9S3.Li/c1-6-5-7-3-2-4-8-5;/h2-4H2,1H3;/q-1;+1. The SMILES string of the molecule is CS[C-]1SCCCS1.[Li+]. The molecule has 0 N–H and O–H groups in total. The molecule has 48 valence electrons. The van der Waals surface area contributed by atoms with Crippen molar-refractivity contribution in [2.75, 3.05) is 17.8 Å². The van der Waals surface area contributed by atoms with Crippen LogP contribution in [-0.2, 0) is 0 Å². The van der Waals surface area contributed by atoms with E-state index in [1.807, 2.05) is 35.3 Å². The normalized spacial score (nSPS) is 21.0. The minimum Gasteiger partial charge on any atom is -0.330 e. The van der Waals surface area contributed by atoms with Crippen LogP contribution in [0, 0.1) is 3.91 Å². The molecule has 1 heterocycles. The first-order chi connectivity index (χ1) is 3.93. The zero-order valence-electron chi connectivity index (χ0n) is 5.85. The number of hydrogen-bond acceptors (Lipinski definition) is 3. The smallest absolute Gasteiger partial charge is 0.330 e. The Hall–Kier alpha value is 1.65. The molecule has 0 amide bonds. The summed E-state index contributed by atoms with van der Waals surface area (Å²) in [5, 5.41) is 0. The van der Waals surface area contributed by atoms with E-state index in [2.05, 4.69) is 6.26 Å². The van der Waals surface area contributed by atoms with E-state index in [0.29, 0.717) is 0 Å². The van der Waals surface area contributed by atoms with Crippen LogP contribution in [0.25, 0.3) is 0 Å². The molecular formula is C5H9LiS3. The molecule has 0 unspecified atom stereocenters. The molecule has 1 aliphatic rings. The number of thioether (sulfide) groups is 3. The van der Waals surface area contributed by atoms with Gasteiger partial charge in [-0.25, -0.2) is 0 Å². The van der Waals surface area contributed by atoms with E-state index in [9.17, 15) is 0 Å². The van der Waals surface area contributed by atoms with Crippen LogP contribution in [0.4, 0.5) is 0 Å². The van der Waals surface area contributed by atoms with Crippen molar-refractivity contribution in [2.24, 2.45) is 0 Å². The molecule has 0 aromatic heterocycles. The Balaban J connectivity index is 0.000000640. The minimum atomic E-state index is 0. The molecular weight excluding hydrogens is 163 g/mol. The van der Waals surface area contributed by atoms with Crippen molar-refractivity contribution in [3.05, 3.63) is 3.91 Å². The van der Waals surface area contributed by atoms with Gasteiger partial charge in [0.05, 0.1) is 0 Å². The molecule has 0 aliphatic carbocycles. The maximum Gasteiger partial charge on any atom is 1.00 e. The van der Waals surface area contributed by atoms with E-state index in [-0.39, 0.29) is 18.9 Å². The summed E-state index contributed by atoms with van der Waals surface area (Å²) in [7, 11) is 0. The Morgan fingerprint density at radius 1 is 1.33 bits per heavy atom. The van der Waals surface area contributed by atoms with Crippen LogP contribution in [-0.4, -0.2) is 17.8 Å². The van der Waals surface area contributed by atoms with Crippen molar-refractivity contribution < 1.29 is 18.9 Å². The second-order valence-corrected chi connectivity index (χ2v) is 5.31. The van der Waals surface area contributed by atoms with Crippen LogP contribution in [0.1, 0.15) is 6.42 Å². The van der Waals surface area contributed by atoms with E-state index in [1.54, 1.807) is 3.91 Å². The van der Waals surface area contributed by atoms with Crippen molar-refractivity contribution in [3.8, 4) is 0 Å². The van der Waals surface area contributed by atoms with Gasteiger partial charge in [0.15, 0.2) is 0 Å². The van der Waals surface area contributed by atoms with Crippen LogP contribution in [0.2, 0.25) is 0 Å². The van der Waals surface area contributed by atoms with Gasteiger partial charge in [0.25, 0.3) is 0 Å². The van der Waals surface area contributed by atoms with E-state index in [1.165, 1.54) is 17.9 Å². The fourth-order valence-electron chi connectivity index (χ4n) is 0.529. The van der Waals surface area contributed by atoms with E-state index >= 15 is 0 Å². The van der Waals surface area contributed by atoms with E-state index < -0.39 is 0 Å². The summed E-state index contributed by atoms with van der Waals surface area (Å²) in [6.07, 6.45) is 3.54. The molecule has 1 saturated heterocycles. The van der Waals surface area contributed by atoms with Gasteiger partial charge in [0.1, 0.15) is 0 Å². The Morgan fingerprint density at radius 3 is 2.22 bits per heavy atom. The van der Waals surface area contributed by atoms with Crippen LogP contribution in [0.15, 0.2) is 0 Å². The third kappa shape index (κ3) is 4.16. The fourth-order valence-corrected chi connectivity index (χ4v) is 3.90. The van der Waals surface area contributed by atoms with Crippen LogP contribution in [0.5, 0.6) is 0 Å². The van der Waals surface area contributed by atoms with Gasteiger partial charge in [-0.1, -0.05) is 0 Å². The molecule has 0 atom stereocenters. The molecule has 0 aromatic rings. The molecule has 0 saturated carbocycles. The van der Waals surface area contributed by atoms with Crippen molar-refractivity contribution in [2.45, 2.75) is 6.42 Å². The van der Waals surface area contributed by atoms with Crippen LogP contribution in [0.3, 0.4) is 0 Å². The zero-order chi connectivity index (χ0) is 5.82. The monoisotopic (exact) mass is 172 g/mol. The Kier molecular flexibility index (Phi) is 7.53. The average Bonchev–Trinajstić information content (AvgIpc) is 1.90. The van der Waals surface area contributed by atoms with Crippen molar-refractivity contribution >= 4 is 35.3 Å². The summed E-state index contributed by atoms with van der Waals surface area (Å²) < 4.78 is 1.55. The quantitative estimate of drug-likeness (QED) is 0.393. The minimum absolute atomic E-state index is 0. The van der Waals surface area contributed by atoms with Crippen molar-refractivity contribution in [3.63, 3.8) is 0 Å². The summed E-state index contributed by atoms with van der Waals surface area (Å²) in [6.45, 7) is 0. The van der Waals surface area contributed by atoms with Gasteiger partial charge < -0.3 is 35.3 Å².